The monoisotopic (exact) mass is 215 g/mol. The number of hydrogen-bond acceptors (Lipinski definition) is 4. The second-order valence-electron chi connectivity index (χ2n) is 2.77. The minimum Gasteiger partial charge on any atom is -0.478 e. The molecule has 4 nitrogen and oxygen atoms in total. The Labute approximate surface area is 87.6 Å². The summed E-state index contributed by atoms with van der Waals surface area (Å²) >= 11 is 5.65. The first-order valence-corrected chi connectivity index (χ1v) is 4.67. The zero-order chi connectivity index (χ0) is 10.6. The summed E-state index contributed by atoms with van der Waals surface area (Å²) in [5.74, 6) is 0.214. The zero-order valence-corrected chi connectivity index (χ0v) is 8.53. The van der Waals surface area contributed by atoms with Gasteiger partial charge < -0.3 is 14.8 Å². The molecule has 0 saturated carbocycles. The van der Waals surface area contributed by atoms with E-state index >= 15 is 0 Å². The van der Waals surface area contributed by atoms with Crippen molar-refractivity contribution in [2.75, 3.05) is 6.61 Å². The first-order chi connectivity index (χ1) is 6.65. The van der Waals surface area contributed by atoms with E-state index in [1.165, 1.54) is 12.3 Å². The Morgan fingerprint density at radius 3 is 2.86 bits per heavy atom. The summed E-state index contributed by atoms with van der Waals surface area (Å²) in [5.41, 5.74) is 0.186. The molecule has 0 aliphatic rings. The highest BCUT2D eigenvalue weighted by Gasteiger charge is 2.18. The summed E-state index contributed by atoms with van der Waals surface area (Å²) < 4.78 is 5.21. The number of pyridine rings is 1. The maximum Gasteiger partial charge on any atom is 0.494 e. The molecule has 0 unspecified atom stereocenters. The van der Waals surface area contributed by atoms with Crippen molar-refractivity contribution in [2.24, 2.45) is 0 Å². The van der Waals surface area contributed by atoms with Crippen molar-refractivity contribution in [3.8, 4) is 5.88 Å². The van der Waals surface area contributed by atoms with Gasteiger partial charge in [-0.3, -0.25) is 0 Å². The topological polar surface area (TPSA) is 62.6 Å². The minimum absolute atomic E-state index is 0.186. The van der Waals surface area contributed by atoms with E-state index in [0.717, 1.165) is 6.42 Å². The Morgan fingerprint density at radius 2 is 2.29 bits per heavy atom. The van der Waals surface area contributed by atoms with E-state index in [0.29, 0.717) is 11.6 Å². The predicted octanol–water partition coefficient (Wildman–Crippen LogP) is 0.204. The molecular weight excluding hydrogens is 204 g/mol. The molecule has 1 heterocycles. The molecule has 0 radical (unpaired) electrons. The lowest BCUT2D eigenvalue weighted by Gasteiger charge is -2.08. The van der Waals surface area contributed by atoms with Gasteiger partial charge in [0, 0.05) is 11.7 Å². The third kappa shape index (κ3) is 2.87. The van der Waals surface area contributed by atoms with E-state index < -0.39 is 7.12 Å². The van der Waals surface area contributed by atoms with Crippen LogP contribution in [0.5, 0.6) is 5.88 Å². The summed E-state index contributed by atoms with van der Waals surface area (Å²) in [5, 5.41) is 18.4. The van der Waals surface area contributed by atoms with Crippen LogP contribution >= 0.6 is 11.6 Å². The molecule has 76 valence electrons. The Morgan fingerprint density at radius 1 is 1.57 bits per heavy atom. The van der Waals surface area contributed by atoms with Crippen LogP contribution in [0.2, 0.25) is 5.02 Å². The number of ether oxygens (including phenoxy) is 1. The molecule has 0 atom stereocenters. The smallest absolute Gasteiger partial charge is 0.478 e. The van der Waals surface area contributed by atoms with E-state index in [1.807, 2.05) is 6.92 Å². The molecule has 0 amide bonds. The molecular formula is C8H11BClNO3. The molecule has 1 aromatic rings. The van der Waals surface area contributed by atoms with Gasteiger partial charge in [-0.2, -0.15) is 0 Å². The van der Waals surface area contributed by atoms with Crippen LogP contribution in [0.25, 0.3) is 0 Å². The van der Waals surface area contributed by atoms with Gasteiger partial charge in [0.15, 0.2) is 0 Å². The van der Waals surface area contributed by atoms with E-state index in [4.69, 9.17) is 26.4 Å². The largest absolute Gasteiger partial charge is 0.494 e. The molecule has 0 fully saturated rings. The van der Waals surface area contributed by atoms with Crippen LogP contribution in [0.15, 0.2) is 12.3 Å². The van der Waals surface area contributed by atoms with Crippen LogP contribution in [-0.2, 0) is 0 Å². The van der Waals surface area contributed by atoms with Gasteiger partial charge >= 0.3 is 7.12 Å². The molecule has 0 spiro atoms. The van der Waals surface area contributed by atoms with E-state index in [2.05, 4.69) is 4.98 Å². The van der Waals surface area contributed by atoms with Gasteiger partial charge in [-0.15, -0.1) is 0 Å². The van der Waals surface area contributed by atoms with Gasteiger partial charge in [0.05, 0.1) is 11.6 Å². The highest BCUT2D eigenvalue weighted by atomic mass is 35.5. The molecule has 1 aromatic heterocycles. The first kappa shape index (κ1) is 11.3. The summed E-state index contributed by atoms with van der Waals surface area (Å²) in [4.78, 5) is 3.86. The number of nitrogens with zero attached hydrogens (tertiary/aromatic N) is 1. The maximum absolute atomic E-state index is 9.01. The first-order valence-electron chi connectivity index (χ1n) is 4.29. The number of aromatic nitrogens is 1. The Balaban J connectivity index is 2.90. The van der Waals surface area contributed by atoms with E-state index in [9.17, 15) is 0 Å². The Bertz CT molecular complexity index is 309. The molecule has 0 aliphatic carbocycles. The van der Waals surface area contributed by atoms with Gasteiger partial charge in [-0.25, -0.2) is 4.98 Å². The van der Waals surface area contributed by atoms with Crippen LogP contribution in [0.1, 0.15) is 13.3 Å². The number of hydrogen-bond donors (Lipinski definition) is 2. The van der Waals surface area contributed by atoms with E-state index in [-0.39, 0.29) is 11.3 Å². The van der Waals surface area contributed by atoms with Crippen molar-refractivity contribution in [1.29, 1.82) is 0 Å². The lowest BCUT2D eigenvalue weighted by Crippen LogP contribution is -2.32. The van der Waals surface area contributed by atoms with Crippen molar-refractivity contribution >= 4 is 24.2 Å². The third-order valence-corrected chi connectivity index (χ3v) is 1.77. The standard InChI is InChI=1S/C8H11BClNO3/c1-2-3-14-8-7(9(12)13)4-6(10)5-11-8/h4-5,12-13H,2-3H2,1H3. The molecule has 2 N–H and O–H groups in total. The molecule has 0 aliphatic heterocycles. The van der Waals surface area contributed by atoms with Crippen molar-refractivity contribution < 1.29 is 14.8 Å². The second kappa shape index (κ2) is 5.19. The van der Waals surface area contributed by atoms with Gasteiger partial charge in [0.25, 0.3) is 0 Å². The second-order valence-corrected chi connectivity index (χ2v) is 3.21. The highest BCUT2D eigenvalue weighted by molar-refractivity contribution is 6.60. The SMILES string of the molecule is CCCOc1ncc(Cl)cc1B(O)O. The molecule has 14 heavy (non-hydrogen) atoms. The minimum atomic E-state index is -1.62. The summed E-state index contributed by atoms with van der Waals surface area (Å²) in [7, 11) is -1.62. The molecule has 0 bridgehead atoms. The van der Waals surface area contributed by atoms with Crippen LogP contribution in [0.3, 0.4) is 0 Å². The van der Waals surface area contributed by atoms with Gasteiger partial charge in [-0.05, 0) is 12.5 Å². The Kier molecular flexibility index (Phi) is 4.19. The molecule has 1 rings (SSSR count). The van der Waals surface area contributed by atoms with Crippen LogP contribution < -0.4 is 10.2 Å². The van der Waals surface area contributed by atoms with Crippen molar-refractivity contribution in [1.82, 2.24) is 4.98 Å². The van der Waals surface area contributed by atoms with Crippen molar-refractivity contribution in [2.45, 2.75) is 13.3 Å². The van der Waals surface area contributed by atoms with Crippen LogP contribution in [0, 0.1) is 0 Å². The lowest BCUT2D eigenvalue weighted by atomic mass is 9.81. The van der Waals surface area contributed by atoms with Crippen molar-refractivity contribution in [3.63, 3.8) is 0 Å². The molecule has 0 saturated heterocycles. The van der Waals surface area contributed by atoms with Crippen LogP contribution in [0.4, 0.5) is 0 Å². The summed E-state index contributed by atoms with van der Waals surface area (Å²) in [6, 6.07) is 1.42. The summed E-state index contributed by atoms with van der Waals surface area (Å²) in [6.07, 6.45) is 2.23. The number of halogens is 1. The van der Waals surface area contributed by atoms with Gasteiger partial charge in [0.1, 0.15) is 0 Å². The van der Waals surface area contributed by atoms with Gasteiger partial charge in [-0.1, -0.05) is 18.5 Å². The lowest BCUT2D eigenvalue weighted by molar-refractivity contribution is 0.306. The maximum atomic E-state index is 9.01. The normalized spacial score (nSPS) is 10.0. The molecule has 0 aromatic carbocycles. The third-order valence-electron chi connectivity index (χ3n) is 1.57. The van der Waals surface area contributed by atoms with Crippen molar-refractivity contribution in [3.05, 3.63) is 17.3 Å². The fourth-order valence-corrected chi connectivity index (χ4v) is 1.11. The zero-order valence-electron chi connectivity index (χ0n) is 7.77. The predicted molar refractivity (Wildman–Crippen MR) is 54.9 cm³/mol. The van der Waals surface area contributed by atoms with E-state index in [1.54, 1.807) is 0 Å². The quantitative estimate of drug-likeness (QED) is 0.705. The number of rotatable bonds is 4. The van der Waals surface area contributed by atoms with Gasteiger partial charge in [0.2, 0.25) is 5.88 Å². The summed E-state index contributed by atoms with van der Waals surface area (Å²) in [6.45, 7) is 2.43. The average Bonchev–Trinajstić information content (AvgIpc) is 2.15. The van der Waals surface area contributed by atoms with Crippen LogP contribution in [-0.4, -0.2) is 28.8 Å². The molecule has 6 heteroatoms. The fourth-order valence-electron chi connectivity index (χ4n) is 0.947. The fraction of sp³-hybridized carbons (Fsp3) is 0.375. The average molecular weight is 215 g/mol. The Hall–Kier alpha value is -0.775. The highest BCUT2D eigenvalue weighted by Crippen LogP contribution is 2.10.